The van der Waals surface area contributed by atoms with Gasteiger partial charge in [0.15, 0.2) is 0 Å². The lowest BCUT2D eigenvalue weighted by atomic mass is 9.88. The Morgan fingerprint density at radius 3 is 2.20 bits per heavy atom. The second-order valence-electron chi connectivity index (χ2n) is 5.91. The van der Waals surface area contributed by atoms with Crippen LogP contribution in [-0.2, 0) is 4.79 Å². The van der Waals surface area contributed by atoms with E-state index in [1.54, 1.807) is 18.2 Å². The first-order valence-electron chi connectivity index (χ1n) is 8.27. The molecule has 0 radical (unpaired) electrons. The van der Waals surface area contributed by atoms with Crippen molar-refractivity contribution >= 4 is 46.7 Å². The van der Waals surface area contributed by atoms with Gasteiger partial charge in [-0.3, -0.25) is 9.93 Å². The molecule has 134 valence electrons. The zero-order valence-corrected chi connectivity index (χ0v) is 16.2. The Bertz CT molecular complexity index is 673. The molecule has 0 heterocycles. The molecule has 1 aliphatic rings. The standard InChI is InChI=1S/C13H18N2OS.C6H4Cl2/c14-17-12-8-4-7-11(9-12)15-13(16)10-5-2-1-3-6-10;7-5-2-1-3-6(8)4-5/h4,7-10H,1-3,5-6,14H2,(H,15,16);1-4H. The number of anilines is 1. The highest BCUT2D eigenvalue weighted by Gasteiger charge is 2.20. The van der Waals surface area contributed by atoms with Crippen LogP contribution in [0.5, 0.6) is 0 Å². The summed E-state index contributed by atoms with van der Waals surface area (Å²) in [5.74, 6) is 0.349. The third-order valence-corrected chi connectivity index (χ3v) is 5.00. The van der Waals surface area contributed by atoms with Crippen molar-refractivity contribution in [3.63, 3.8) is 0 Å². The Morgan fingerprint density at radius 1 is 1.00 bits per heavy atom. The smallest absolute Gasteiger partial charge is 0.227 e. The molecular formula is C19H22Cl2N2OS. The van der Waals surface area contributed by atoms with Gasteiger partial charge >= 0.3 is 0 Å². The second-order valence-corrected chi connectivity index (χ2v) is 7.49. The van der Waals surface area contributed by atoms with Gasteiger partial charge in [0.05, 0.1) is 0 Å². The highest BCUT2D eigenvalue weighted by Crippen LogP contribution is 2.25. The monoisotopic (exact) mass is 396 g/mol. The van der Waals surface area contributed by atoms with E-state index >= 15 is 0 Å². The lowest BCUT2D eigenvalue weighted by Crippen LogP contribution is -2.24. The van der Waals surface area contributed by atoms with E-state index in [1.807, 2.05) is 30.3 Å². The first kappa shape index (κ1) is 20.1. The maximum Gasteiger partial charge on any atom is 0.227 e. The molecule has 25 heavy (non-hydrogen) atoms. The number of carbonyl (C=O) groups is 1. The molecular weight excluding hydrogens is 375 g/mol. The topological polar surface area (TPSA) is 55.1 Å². The summed E-state index contributed by atoms with van der Waals surface area (Å²) >= 11 is 12.3. The first-order chi connectivity index (χ1) is 12.1. The normalized spacial score (nSPS) is 14.4. The molecule has 0 aromatic heterocycles. The highest BCUT2D eigenvalue weighted by molar-refractivity contribution is 7.97. The molecule has 1 fully saturated rings. The molecule has 1 amide bonds. The fraction of sp³-hybridized carbons (Fsp3) is 0.316. The van der Waals surface area contributed by atoms with Gasteiger partial charge in [-0.1, -0.05) is 54.6 Å². The average Bonchev–Trinajstić information content (AvgIpc) is 2.63. The van der Waals surface area contributed by atoms with Gasteiger partial charge in [0.1, 0.15) is 0 Å². The summed E-state index contributed by atoms with van der Waals surface area (Å²) in [6.07, 6.45) is 5.67. The van der Waals surface area contributed by atoms with Crippen LogP contribution < -0.4 is 10.5 Å². The molecule has 0 atom stereocenters. The van der Waals surface area contributed by atoms with E-state index in [-0.39, 0.29) is 11.8 Å². The third-order valence-electron chi connectivity index (χ3n) is 4.00. The van der Waals surface area contributed by atoms with E-state index in [2.05, 4.69) is 5.32 Å². The quantitative estimate of drug-likeness (QED) is 0.610. The molecule has 1 aliphatic carbocycles. The van der Waals surface area contributed by atoms with E-state index in [0.29, 0.717) is 10.0 Å². The number of amides is 1. The summed E-state index contributed by atoms with van der Waals surface area (Å²) in [5.41, 5.74) is 0.844. The number of nitrogens with one attached hydrogen (secondary N) is 1. The molecule has 0 aliphatic heterocycles. The summed E-state index contributed by atoms with van der Waals surface area (Å²) in [6, 6.07) is 14.7. The van der Waals surface area contributed by atoms with E-state index in [1.165, 1.54) is 31.2 Å². The van der Waals surface area contributed by atoms with Crippen LogP contribution in [0, 0.1) is 5.92 Å². The minimum Gasteiger partial charge on any atom is -0.326 e. The predicted octanol–water partition coefficient (Wildman–Crippen LogP) is 6.16. The third kappa shape index (κ3) is 7.28. The maximum absolute atomic E-state index is 12.0. The van der Waals surface area contributed by atoms with Gasteiger partial charge in [-0.25, -0.2) is 0 Å². The Morgan fingerprint density at radius 2 is 1.64 bits per heavy atom. The minimum atomic E-state index is 0.156. The number of benzene rings is 2. The van der Waals surface area contributed by atoms with Crippen LogP contribution in [0.4, 0.5) is 5.69 Å². The predicted molar refractivity (Wildman–Crippen MR) is 108 cm³/mol. The van der Waals surface area contributed by atoms with Crippen LogP contribution >= 0.6 is 35.1 Å². The Labute approximate surface area is 163 Å². The van der Waals surface area contributed by atoms with Crippen LogP contribution in [0.2, 0.25) is 10.0 Å². The van der Waals surface area contributed by atoms with Gasteiger partial charge in [0.2, 0.25) is 5.91 Å². The average molecular weight is 397 g/mol. The van der Waals surface area contributed by atoms with Crippen molar-refractivity contribution in [3.8, 4) is 0 Å². The van der Waals surface area contributed by atoms with Gasteiger partial charge in [-0.2, -0.15) is 0 Å². The van der Waals surface area contributed by atoms with Crippen molar-refractivity contribution in [2.45, 2.75) is 37.0 Å². The van der Waals surface area contributed by atoms with Crippen molar-refractivity contribution in [1.29, 1.82) is 0 Å². The van der Waals surface area contributed by atoms with E-state index in [9.17, 15) is 4.79 Å². The zero-order valence-electron chi connectivity index (χ0n) is 13.9. The summed E-state index contributed by atoms with van der Waals surface area (Å²) in [4.78, 5) is 13.0. The van der Waals surface area contributed by atoms with Crippen molar-refractivity contribution in [2.24, 2.45) is 11.1 Å². The molecule has 0 saturated heterocycles. The fourth-order valence-corrected chi connectivity index (χ4v) is 3.50. The van der Waals surface area contributed by atoms with Crippen molar-refractivity contribution < 1.29 is 4.79 Å². The summed E-state index contributed by atoms with van der Waals surface area (Å²) in [7, 11) is 0. The van der Waals surface area contributed by atoms with Gasteiger partial charge in [-0.15, -0.1) is 0 Å². The Hall–Kier alpha value is -1.20. The highest BCUT2D eigenvalue weighted by atomic mass is 35.5. The van der Waals surface area contributed by atoms with Gasteiger partial charge in [-0.05, 0) is 61.2 Å². The Balaban J connectivity index is 0.000000236. The SMILES string of the molecule is Clc1cccc(Cl)c1.NSc1cccc(NC(=O)C2CCCCC2)c1. The number of halogens is 2. The largest absolute Gasteiger partial charge is 0.326 e. The molecule has 6 heteroatoms. The van der Waals surface area contributed by atoms with Crippen LogP contribution in [0.3, 0.4) is 0 Å². The minimum absolute atomic E-state index is 0.156. The molecule has 0 bridgehead atoms. The molecule has 3 nitrogen and oxygen atoms in total. The number of nitrogens with two attached hydrogens (primary N) is 1. The summed E-state index contributed by atoms with van der Waals surface area (Å²) < 4.78 is 0. The first-order valence-corrected chi connectivity index (χ1v) is 9.91. The van der Waals surface area contributed by atoms with Gasteiger partial charge < -0.3 is 5.32 Å². The molecule has 1 saturated carbocycles. The van der Waals surface area contributed by atoms with Crippen LogP contribution in [0.25, 0.3) is 0 Å². The van der Waals surface area contributed by atoms with Crippen molar-refractivity contribution in [2.75, 3.05) is 5.32 Å². The van der Waals surface area contributed by atoms with Gasteiger partial charge in [0, 0.05) is 26.5 Å². The van der Waals surface area contributed by atoms with E-state index < -0.39 is 0 Å². The van der Waals surface area contributed by atoms with Crippen LogP contribution in [-0.4, -0.2) is 5.91 Å². The molecule has 2 aromatic rings. The van der Waals surface area contributed by atoms with Gasteiger partial charge in [0.25, 0.3) is 0 Å². The van der Waals surface area contributed by atoms with Crippen molar-refractivity contribution in [1.82, 2.24) is 0 Å². The van der Waals surface area contributed by atoms with E-state index in [4.69, 9.17) is 28.3 Å². The lowest BCUT2D eigenvalue weighted by molar-refractivity contribution is -0.120. The van der Waals surface area contributed by atoms with Crippen LogP contribution in [0.15, 0.2) is 53.4 Å². The number of hydrogen-bond donors (Lipinski definition) is 2. The lowest BCUT2D eigenvalue weighted by Gasteiger charge is -2.20. The Kier molecular flexibility index (Phi) is 8.62. The second kappa shape index (κ2) is 10.7. The molecule has 3 N–H and O–H groups in total. The summed E-state index contributed by atoms with van der Waals surface area (Å²) in [5, 5.41) is 9.83. The van der Waals surface area contributed by atoms with Crippen molar-refractivity contribution in [3.05, 3.63) is 58.6 Å². The molecule has 2 aromatic carbocycles. The molecule has 3 rings (SSSR count). The molecule has 0 spiro atoms. The fourth-order valence-electron chi connectivity index (χ4n) is 2.72. The zero-order chi connectivity index (χ0) is 18.1. The number of hydrogen-bond acceptors (Lipinski definition) is 3. The molecule has 0 unspecified atom stereocenters. The van der Waals surface area contributed by atoms with Crippen LogP contribution in [0.1, 0.15) is 32.1 Å². The number of carbonyl (C=O) groups excluding carboxylic acids is 1. The van der Waals surface area contributed by atoms with E-state index in [0.717, 1.165) is 23.4 Å². The summed E-state index contributed by atoms with van der Waals surface area (Å²) in [6.45, 7) is 0. The number of rotatable bonds is 3. The maximum atomic E-state index is 12.0.